The van der Waals surface area contributed by atoms with Crippen molar-refractivity contribution in [2.75, 3.05) is 27.2 Å². The van der Waals surface area contributed by atoms with E-state index in [9.17, 15) is 9.90 Å². The number of nitrogens with one attached hydrogen (secondary N) is 1. The predicted octanol–water partition coefficient (Wildman–Crippen LogP) is 0.188. The van der Waals surface area contributed by atoms with E-state index in [-0.39, 0.29) is 12.5 Å². The summed E-state index contributed by atoms with van der Waals surface area (Å²) in [7, 11) is 3.75. The summed E-state index contributed by atoms with van der Waals surface area (Å²) in [5, 5.41) is 12.8. The molecule has 1 unspecified atom stereocenters. The van der Waals surface area contributed by atoms with E-state index in [1.807, 2.05) is 31.1 Å². The molecule has 0 aliphatic carbocycles. The molecule has 0 saturated carbocycles. The molecule has 1 atom stereocenters. The van der Waals surface area contributed by atoms with Gasteiger partial charge in [-0.3, -0.25) is 4.79 Å². The number of amides is 1. The first-order valence-corrected chi connectivity index (χ1v) is 6.28. The Morgan fingerprint density at radius 1 is 1.37 bits per heavy atom. The van der Waals surface area contributed by atoms with Crippen molar-refractivity contribution in [2.45, 2.75) is 19.1 Å². The quantitative estimate of drug-likeness (QED) is 0.686. The molecule has 0 bridgehead atoms. The Bertz CT molecular complexity index is 413. The van der Waals surface area contributed by atoms with Gasteiger partial charge >= 0.3 is 0 Å². The third kappa shape index (κ3) is 5.38. The lowest BCUT2D eigenvalue weighted by molar-refractivity contribution is 0.0326. The highest BCUT2D eigenvalue weighted by Gasteiger charge is 2.22. The standard InChI is InChI=1S/C14H23N3O2/c1-14(19,10-17(2)3)9-16-13(18)12-6-4-11(8-15)5-7-12/h4-7,19H,8-10,15H2,1-3H3,(H,16,18). The average molecular weight is 265 g/mol. The normalized spacial score (nSPS) is 14.2. The molecule has 0 fully saturated rings. The van der Waals surface area contributed by atoms with Crippen molar-refractivity contribution in [1.82, 2.24) is 10.2 Å². The van der Waals surface area contributed by atoms with Crippen LogP contribution in [0, 0.1) is 0 Å². The van der Waals surface area contributed by atoms with Crippen LogP contribution in [0.4, 0.5) is 0 Å². The third-order valence-electron chi connectivity index (χ3n) is 2.74. The second-order valence-electron chi connectivity index (χ2n) is 5.32. The van der Waals surface area contributed by atoms with Crippen LogP contribution >= 0.6 is 0 Å². The number of benzene rings is 1. The van der Waals surface area contributed by atoms with Crippen LogP contribution < -0.4 is 11.1 Å². The zero-order valence-electron chi connectivity index (χ0n) is 11.8. The van der Waals surface area contributed by atoms with E-state index in [4.69, 9.17) is 5.73 Å². The van der Waals surface area contributed by atoms with Crippen LogP contribution in [-0.4, -0.2) is 48.7 Å². The second kappa shape index (κ2) is 6.65. The minimum Gasteiger partial charge on any atom is -0.387 e. The van der Waals surface area contributed by atoms with Gasteiger partial charge < -0.3 is 21.1 Å². The van der Waals surface area contributed by atoms with Gasteiger partial charge in [-0.1, -0.05) is 12.1 Å². The van der Waals surface area contributed by atoms with Gasteiger partial charge in [0.05, 0.1) is 5.60 Å². The Hall–Kier alpha value is -1.43. The summed E-state index contributed by atoms with van der Waals surface area (Å²) in [6.45, 7) is 2.85. The van der Waals surface area contributed by atoms with Crippen LogP contribution in [0.3, 0.4) is 0 Å². The highest BCUT2D eigenvalue weighted by molar-refractivity contribution is 5.94. The van der Waals surface area contributed by atoms with Crippen molar-refractivity contribution in [3.05, 3.63) is 35.4 Å². The zero-order chi connectivity index (χ0) is 14.5. The highest BCUT2D eigenvalue weighted by atomic mass is 16.3. The van der Waals surface area contributed by atoms with Gasteiger partial charge in [-0.05, 0) is 38.7 Å². The van der Waals surface area contributed by atoms with Gasteiger partial charge in [0.2, 0.25) is 0 Å². The van der Waals surface area contributed by atoms with Crippen molar-refractivity contribution in [3.8, 4) is 0 Å². The molecule has 0 aliphatic heterocycles. The molecule has 0 saturated heterocycles. The Balaban J connectivity index is 2.55. The van der Waals surface area contributed by atoms with Crippen molar-refractivity contribution < 1.29 is 9.90 Å². The Morgan fingerprint density at radius 2 is 1.95 bits per heavy atom. The monoisotopic (exact) mass is 265 g/mol. The van der Waals surface area contributed by atoms with Crippen molar-refractivity contribution >= 4 is 5.91 Å². The molecule has 4 N–H and O–H groups in total. The van der Waals surface area contributed by atoms with E-state index in [1.165, 1.54) is 0 Å². The summed E-state index contributed by atoms with van der Waals surface area (Å²) < 4.78 is 0. The van der Waals surface area contributed by atoms with Gasteiger partial charge in [0.1, 0.15) is 0 Å². The summed E-state index contributed by atoms with van der Waals surface area (Å²) in [6, 6.07) is 7.12. The van der Waals surface area contributed by atoms with Gasteiger partial charge in [-0.25, -0.2) is 0 Å². The molecule has 1 amide bonds. The Morgan fingerprint density at radius 3 is 2.42 bits per heavy atom. The first-order chi connectivity index (χ1) is 8.84. The smallest absolute Gasteiger partial charge is 0.251 e. The summed E-state index contributed by atoms with van der Waals surface area (Å²) in [5.74, 6) is -0.192. The van der Waals surface area contributed by atoms with Gasteiger partial charge in [0.25, 0.3) is 5.91 Å². The fraction of sp³-hybridized carbons (Fsp3) is 0.500. The number of rotatable bonds is 6. The first kappa shape index (κ1) is 15.6. The molecule has 1 aromatic carbocycles. The van der Waals surface area contributed by atoms with E-state index in [0.29, 0.717) is 18.7 Å². The van der Waals surface area contributed by atoms with Crippen molar-refractivity contribution in [3.63, 3.8) is 0 Å². The summed E-state index contributed by atoms with van der Waals surface area (Å²) in [6.07, 6.45) is 0. The average Bonchev–Trinajstić information content (AvgIpc) is 2.34. The maximum atomic E-state index is 11.9. The molecular formula is C14H23N3O2. The third-order valence-corrected chi connectivity index (χ3v) is 2.74. The summed E-state index contributed by atoms with van der Waals surface area (Å²) in [4.78, 5) is 13.8. The largest absolute Gasteiger partial charge is 0.387 e. The van der Waals surface area contributed by atoms with Gasteiger partial charge in [0, 0.05) is 25.2 Å². The van der Waals surface area contributed by atoms with Gasteiger partial charge in [0.15, 0.2) is 0 Å². The number of carbonyl (C=O) groups is 1. The minimum absolute atomic E-state index is 0.192. The van der Waals surface area contributed by atoms with E-state index >= 15 is 0 Å². The molecule has 19 heavy (non-hydrogen) atoms. The number of carbonyl (C=O) groups excluding carboxylic acids is 1. The van der Waals surface area contributed by atoms with Crippen LogP contribution in [0.25, 0.3) is 0 Å². The van der Waals surface area contributed by atoms with Crippen LogP contribution in [0.5, 0.6) is 0 Å². The molecule has 1 aromatic rings. The van der Waals surface area contributed by atoms with Crippen molar-refractivity contribution in [1.29, 1.82) is 0 Å². The van der Waals surface area contributed by atoms with Crippen molar-refractivity contribution in [2.24, 2.45) is 5.73 Å². The summed E-state index contributed by atoms with van der Waals surface area (Å²) in [5.41, 5.74) is 6.10. The van der Waals surface area contributed by atoms with Gasteiger partial charge in [-0.15, -0.1) is 0 Å². The molecule has 106 valence electrons. The van der Waals surface area contributed by atoms with Crippen LogP contribution in [-0.2, 0) is 6.54 Å². The van der Waals surface area contributed by atoms with Crippen LogP contribution in [0.15, 0.2) is 24.3 Å². The van der Waals surface area contributed by atoms with Gasteiger partial charge in [-0.2, -0.15) is 0 Å². The molecule has 5 heteroatoms. The van der Waals surface area contributed by atoms with E-state index in [2.05, 4.69) is 5.32 Å². The lowest BCUT2D eigenvalue weighted by atomic mass is 10.1. The maximum Gasteiger partial charge on any atom is 0.251 e. The molecular weight excluding hydrogens is 242 g/mol. The molecule has 1 rings (SSSR count). The molecule has 0 radical (unpaired) electrons. The number of nitrogens with zero attached hydrogens (tertiary/aromatic N) is 1. The molecule has 5 nitrogen and oxygen atoms in total. The highest BCUT2D eigenvalue weighted by Crippen LogP contribution is 2.06. The molecule has 0 spiro atoms. The zero-order valence-corrected chi connectivity index (χ0v) is 11.8. The second-order valence-corrected chi connectivity index (χ2v) is 5.32. The number of nitrogens with two attached hydrogens (primary N) is 1. The maximum absolute atomic E-state index is 11.9. The van der Waals surface area contributed by atoms with Crippen LogP contribution in [0.1, 0.15) is 22.8 Å². The van der Waals surface area contributed by atoms with E-state index in [0.717, 1.165) is 5.56 Å². The van der Waals surface area contributed by atoms with E-state index < -0.39 is 5.60 Å². The van der Waals surface area contributed by atoms with E-state index in [1.54, 1.807) is 19.1 Å². The number of likely N-dealkylation sites (N-methyl/N-ethyl adjacent to an activating group) is 1. The van der Waals surface area contributed by atoms with Crippen LogP contribution in [0.2, 0.25) is 0 Å². The lowest BCUT2D eigenvalue weighted by Crippen LogP contribution is -2.47. The fourth-order valence-corrected chi connectivity index (χ4v) is 1.90. The SMILES string of the molecule is CN(C)CC(C)(O)CNC(=O)c1ccc(CN)cc1. The summed E-state index contributed by atoms with van der Waals surface area (Å²) >= 11 is 0. The Labute approximate surface area is 114 Å². The molecule has 0 aromatic heterocycles. The fourth-order valence-electron chi connectivity index (χ4n) is 1.90. The molecule has 0 aliphatic rings. The number of hydrogen-bond donors (Lipinski definition) is 3. The minimum atomic E-state index is -0.948. The lowest BCUT2D eigenvalue weighted by Gasteiger charge is -2.27. The number of hydrogen-bond acceptors (Lipinski definition) is 4. The molecule has 0 heterocycles. The first-order valence-electron chi connectivity index (χ1n) is 6.28. The predicted molar refractivity (Wildman–Crippen MR) is 75.8 cm³/mol. The number of aliphatic hydroxyl groups is 1. The Kier molecular flexibility index (Phi) is 5.47. The topological polar surface area (TPSA) is 78.6 Å².